The third-order valence-electron chi connectivity index (χ3n) is 4.79. The summed E-state index contributed by atoms with van der Waals surface area (Å²) in [6.07, 6.45) is 0. The Morgan fingerprint density at radius 1 is 1.12 bits per heavy atom. The highest BCUT2D eigenvalue weighted by Crippen LogP contribution is 2.22. The number of rotatable bonds is 5. The van der Waals surface area contributed by atoms with Crippen LogP contribution < -0.4 is 0 Å². The molecule has 5 nitrogen and oxygen atoms in total. The molecular weight excluding hydrogens is 348 g/mol. The number of amides is 1. The van der Waals surface area contributed by atoms with Crippen LogP contribution in [0.3, 0.4) is 0 Å². The van der Waals surface area contributed by atoms with Gasteiger partial charge in [0.2, 0.25) is 0 Å². The Labute approximate surface area is 157 Å². The first-order valence-electron chi connectivity index (χ1n) is 8.81. The van der Waals surface area contributed by atoms with E-state index in [1.807, 2.05) is 34.5 Å². The first-order valence-corrected chi connectivity index (χ1v) is 9.69. The van der Waals surface area contributed by atoms with Crippen LogP contribution in [0.2, 0.25) is 0 Å². The van der Waals surface area contributed by atoms with Gasteiger partial charge >= 0.3 is 0 Å². The van der Waals surface area contributed by atoms with Crippen molar-refractivity contribution in [2.24, 2.45) is 0 Å². The molecule has 1 amide bonds. The van der Waals surface area contributed by atoms with Crippen molar-refractivity contribution < 1.29 is 14.7 Å². The van der Waals surface area contributed by atoms with Crippen LogP contribution in [0.15, 0.2) is 41.8 Å². The lowest BCUT2D eigenvalue weighted by Crippen LogP contribution is -2.58. The summed E-state index contributed by atoms with van der Waals surface area (Å²) >= 11 is 1.49. The summed E-state index contributed by atoms with van der Waals surface area (Å²) in [5, 5.41) is 10.9. The Hall–Kier alpha value is -2.02. The molecule has 1 saturated heterocycles. The molecule has 2 atom stereocenters. The molecule has 0 unspecified atom stereocenters. The van der Waals surface area contributed by atoms with Gasteiger partial charge in [0.25, 0.3) is 5.91 Å². The van der Waals surface area contributed by atoms with Crippen LogP contribution >= 0.6 is 11.3 Å². The predicted octanol–water partition coefficient (Wildman–Crippen LogP) is 2.66. The fourth-order valence-electron chi connectivity index (χ4n) is 3.63. The molecule has 1 aliphatic heterocycles. The largest absolute Gasteiger partial charge is 0.388 e. The second-order valence-corrected chi connectivity index (χ2v) is 7.81. The molecule has 6 heteroatoms. The molecule has 1 N–H and O–H groups in total. The first kappa shape index (κ1) is 18.8. The Morgan fingerprint density at radius 2 is 1.77 bits per heavy atom. The molecule has 0 aliphatic carbocycles. The van der Waals surface area contributed by atoms with Crippen LogP contribution in [-0.4, -0.2) is 58.4 Å². The van der Waals surface area contributed by atoms with E-state index in [1.165, 1.54) is 11.3 Å². The second kappa shape index (κ2) is 8.12. The number of benzene rings is 1. The number of hydrogen-bond donors (Lipinski definition) is 1. The van der Waals surface area contributed by atoms with Gasteiger partial charge in [-0.1, -0.05) is 30.3 Å². The molecule has 0 spiro atoms. The van der Waals surface area contributed by atoms with Gasteiger partial charge in [-0.15, -0.1) is 11.3 Å². The molecule has 3 rings (SSSR count). The maximum Gasteiger partial charge on any atom is 0.264 e. The lowest BCUT2D eigenvalue weighted by Gasteiger charge is -2.44. The van der Waals surface area contributed by atoms with Crippen LogP contribution in [-0.2, 0) is 6.54 Å². The fraction of sp³-hybridized carbons (Fsp3) is 0.400. The van der Waals surface area contributed by atoms with Gasteiger partial charge in [0.05, 0.1) is 4.88 Å². The fourth-order valence-corrected chi connectivity index (χ4v) is 4.30. The van der Waals surface area contributed by atoms with E-state index in [4.69, 9.17) is 5.11 Å². The highest BCUT2D eigenvalue weighted by Gasteiger charge is 2.33. The van der Waals surface area contributed by atoms with Crippen LogP contribution in [0, 0.1) is 0 Å². The normalized spacial score (nSPS) is 21.0. The van der Waals surface area contributed by atoms with Crippen molar-refractivity contribution in [3.05, 3.63) is 57.8 Å². The summed E-state index contributed by atoms with van der Waals surface area (Å²) in [5.74, 6) is -0.147. The third kappa shape index (κ3) is 4.03. The zero-order chi connectivity index (χ0) is 18.7. The molecule has 1 aromatic heterocycles. The van der Waals surface area contributed by atoms with Gasteiger partial charge in [-0.3, -0.25) is 14.5 Å². The molecule has 1 aromatic carbocycles. The van der Waals surface area contributed by atoms with Crippen LogP contribution in [0.4, 0.5) is 0 Å². The number of aliphatic hydroxyl groups excluding tert-OH is 1. The van der Waals surface area contributed by atoms with Crippen LogP contribution in [0.5, 0.6) is 0 Å². The lowest BCUT2D eigenvalue weighted by molar-refractivity contribution is 0.0272. The van der Waals surface area contributed by atoms with Crippen LogP contribution in [0.25, 0.3) is 0 Å². The number of ketones is 1. The average Bonchev–Trinajstić information content (AvgIpc) is 3.15. The molecule has 138 valence electrons. The van der Waals surface area contributed by atoms with Crippen molar-refractivity contribution in [2.75, 3.05) is 19.7 Å². The molecule has 1 fully saturated rings. The molecule has 2 heterocycles. The number of piperazine rings is 1. The summed E-state index contributed by atoms with van der Waals surface area (Å²) in [6.45, 7) is 6.14. The summed E-state index contributed by atoms with van der Waals surface area (Å²) in [4.78, 5) is 29.4. The Morgan fingerprint density at radius 3 is 2.31 bits per heavy atom. The Kier molecular flexibility index (Phi) is 5.86. The van der Waals surface area contributed by atoms with E-state index in [0.29, 0.717) is 5.56 Å². The lowest BCUT2D eigenvalue weighted by atomic mass is 10.0. The summed E-state index contributed by atoms with van der Waals surface area (Å²) in [5.41, 5.74) is 1.65. The Bertz CT molecular complexity index is 746. The molecule has 0 saturated carbocycles. The minimum absolute atomic E-state index is 0.117. The minimum Gasteiger partial charge on any atom is -0.388 e. The molecule has 0 radical (unpaired) electrons. The molecule has 2 aromatic rings. The topological polar surface area (TPSA) is 60.9 Å². The van der Waals surface area contributed by atoms with E-state index in [9.17, 15) is 9.59 Å². The van der Waals surface area contributed by atoms with Crippen molar-refractivity contribution >= 4 is 23.0 Å². The van der Waals surface area contributed by atoms with E-state index < -0.39 is 6.61 Å². The number of carbonyl (C=O) groups excluding carboxylic acids is 2. The minimum atomic E-state index is -0.464. The van der Waals surface area contributed by atoms with E-state index >= 15 is 0 Å². The number of hydrogen-bond acceptors (Lipinski definition) is 5. The van der Waals surface area contributed by atoms with E-state index in [1.54, 1.807) is 12.1 Å². The van der Waals surface area contributed by atoms with Crippen molar-refractivity contribution in [1.82, 2.24) is 9.80 Å². The third-order valence-corrected chi connectivity index (χ3v) is 5.64. The van der Waals surface area contributed by atoms with Gasteiger partial charge in [0.1, 0.15) is 6.61 Å². The smallest absolute Gasteiger partial charge is 0.264 e. The predicted molar refractivity (Wildman–Crippen MR) is 103 cm³/mol. The van der Waals surface area contributed by atoms with Crippen molar-refractivity contribution in [3.8, 4) is 0 Å². The standard InChI is InChI=1S/C20H24N2O3S/c1-14-10-21(12-16-5-7-17(8-6-16)18(24)13-23)11-15(2)22(14)20(25)19-4-3-9-26-19/h3-9,14-15,23H,10-13H2,1-2H3/t14-,15+. The summed E-state index contributed by atoms with van der Waals surface area (Å²) in [7, 11) is 0. The summed E-state index contributed by atoms with van der Waals surface area (Å²) in [6, 6.07) is 11.5. The molecule has 0 bridgehead atoms. The number of aliphatic hydroxyl groups is 1. The zero-order valence-corrected chi connectivity index (χ0v) is 15.9. The highest BCUT2D eigenvalue weighted by atomic mass is 32.1. The highest BCUT2D eigenvalue weighted by molar-refractivity contribution is 7.12. The van der Waals surface area contributed by atoms with E-state index in [-0.39, 0.29) is 23.8 Å². The maximum atomic E-state index is 12.7. The van der Waals surface area contributed by atoms with Crippen molar-refractivity contribution in [2.45, 2.75) is 32.5 Å². The first-order chi connectivity index (χ1) is 12.5. The van der Waals surface area contributed by atoms with Gasteiger partial charge < -0.3 is 10.0 Å². The average molecular weight is 372 g/mol. The number of carbonyl (C=O) groups is 2. The quantitative estimate of drug-likeness (QED) is 0.820. The van der Waals surface area contributed by atoms with Gasteiger partial charge in [-0.2, -0.15) is 0 Å². The summed E-state index contributed by atoms with van der Waals surface area (Å²) < 4.78 is 0. The SMILES string of the molecule is C[C@@H]1CN(Cc2ccc(C(=O)CO)cc2)C[C@H](C)N1C(=O)c1cccs1. The van der Waals surface area contributed by atoms with Gasteiger partial charge in [-0.05, 0) is 30.9 Å². The molecular formula is C20H24N2O3S. The molecule has 1 aliphatic rings. The van der Waals surface area contributed by atoms with Crippen LogP contribution in [0.1, 0.15) is 39.4 Å². The Balaban J connectivity index is 1.64. The van der Waals surface area contributed by atoms with Gasteiger partial charge in [0.15, 0.2) is 5.78 Å². The number of nitrogens with zero attached hydrogens (tertiary/aromatic N) is 2. The maximum absolute atomic E-state index is 12.7. The number of Topliss-reactive ketones (excluding diaryl/α,β-unsaturated/α-hetero) is 1. The molecule has 26 heavy (non-hydrogen) atoms. The monoisotopic (exact) mass is 372 g/mol. The zero-order valence-electron chi connectivity index (χ0n) is 15.1. The van der Waals surface area contributed by atoms with Gasteiger partial charge in [0, 0.05) is 37.3 Å². The van der Waals surface area contributed by atoms with E-state index in [0.717, 1.165) is 30.1 Å². The second-order valence-electron chi connectivity index (χ2n) is 6.86. The van der Waals surface area contributed by atoms with E-state index in [2.05, 4.69) is 18.7 Å². The van der Waals surface area contributed by atoms with Crippen molar-refractivity contribution in [3.63, 3.8) is 0 Å². The van der Waals surface area contributed by atoms with Crippen molar-refractivity contribution in [1.29, 1.82) is 0 Å². The number of thiophene rings is 1. The van der Waals surface area contributed by atoms with Gasteiger partial charge in [-0.25, -0.2) is 0 Å².